The van der Waals surface area contributed by atoms with E-state index in [0.29, 0.717) is 17.1 Å². The molecule has 0 heterocycles. The molecule has 3 nitrogen and oxygen atoms in total. The molecule has 2 aromatic rings. The molecule has 0 unspecified atom stereocenters. The average molecular weight is 232 g/mol. The molecule has 0 saturated carbocycles. The number of nitrogens with one attached hydrogen (secondary N) is 1. The van der Waals surface area contributed by atoms with Crippen LogP contribution in [0.2, 0.25) is 0 Å². The predicted octanol–water partition coefficient (Wildman–Crippen LogP) is 3.16. The molecule has 0 fully saturated rings. The third-order valence-electron chi connectivity index (χ3n) is 2.39. The standard InChI is InChI=1S/C13H13FN2O/c1-17-13-8-9(14)6-7-12(13)16-11-5-3-2-4-10(11)15/h2-8,16H,15H2,1H3. The van der Waals surface area contributed by atoms with Crippen LogP contribution in [0, 0.1) is 5.82 Å². The summed E-state index contributed by atoms with van der Waals surface area (Å²) in [5.74, 6) is 0.0988. The van der Waals surface area contributed by atoms with Gasteiger partial charge in [-0.15, -0.1) is 0 Å². The van der Waals surface area contributed by atoms with Gasteiger partial charge in [-0.25, -0.2) is 4.39 Å². The molecule has 3 N–H and O–H groups in total. The quantitative estimate of drug-likeness (QED) is 0.799. The Hall–Kier alpha value is -2.23. The summed E-state index contributed by atoms with van der Waals surface area (Å²) >= 11 is 0. The molecule has 2 rings (SSSR count). The molecule has 4 heteroatoms. The number of nitrogen functional groups attached to an aromatic ring is 1. The molecule has 0 saturated heterocycles. The normalized spacial score (nSPS) is 10.0. The van der Waals surface area contributed by atoms with Crippen LogP contribution in [0.4, 0.5) is 21.5 Å². The van der Waals surface area contributed by atoms with Crippen molar-refractivity contribution in [2.24, 2.45) is 0 Å². The summed E-state index contributed by atoms with van der Waals surface area (Å²) in [5, 5.41) is 3.10. The number of nitrogens with two attached hydrogens (primary N) is 1. The van der Waals surface area contributed by atoms with Gasteiger partial charge in [-0.2, -0.15) is 0 Å². The number of halogens is 1. The van der Waals surface area contributed by atoms with Crippen molar-refractivity contribution in [3.05, 3.63) is 48.3 Å². The van der Waals surface area contributed by atoms with Crippen molar-refractivity contribution >= 4 is 17.1 Å². The van der Waals surface area contributed by atoms with E-state index in [1.54, 1.807) is 12.1 Å². The molecular formula is C13H13FN2O. The van der Waals surface area contributed by atoms with E-state index in [1.807, 2.05) is 18.2 Å². The molecule has 0 amide bonds. The van der Waals surface area contributed by atoms with Crippen molar-refractivity contribution in [3.8, 4) is 5.75 Å². The van der Waals surface area contributed by atoms with Crippen molar-refractivity contribution in [1.82, 2.24) is 0 Å². The molecule has 0 atom stereocenters. The van der Waals surface area contributed by atoms with Gasteiger partial charge < -0.3 is 15.8 Å². The topological polar surface area (TPSA) is 47.3 Å². The molecule has 88 valence electrons. The highest BCUT2D eigenvalue weighted by atomic mass is 19.1. The largest absolute Gasteiger partial charge is 0.494 e. The minimum atomic E-state index is -0.339. The lowest BCUT2D eigenvalue weighted by molar-refractivity contribution is 0.413. The van der Waals surface area contributed by atoms with Crippen LogP contribution in [-0.4, -0.2) is 7.11 Å². The van der Waals surface area contributed by atoms with Crippen molar-refractivity contribution in [1.29, 1.82) is 0 Å². The van der Waals surface area contributed by atoms with Crippen LogP contribution in [0.25, 0.3) is 0 Å². The van der Waals surface area contributed by atoms with Crippen molar-refractivity contribution in [2.45, 2.75) is 0 Å². The molecule has 0 aliphatic rings. The lowest BCUT2D eigenvalue weighted by Gasteiger charge is -2.12. The van der Waals surface area contributed by atoms with E-state index < -0.39 is 0 Å². The lowest BCUT2D eigenvalue weighted by Crippen LogP contribution is -1.98. The average Bonchev–Trinajstić information content (AvgIpc) is 2.34. The summed E-state index contributed by atoms with van der Waals surface area (Å²) in [6.07, 6.45) is 0. The molecule has 0 radical (unpaired) electrons. The second-order valence-corrected chi connectivity index (χ2v) is 3.56. The fourth-order valence-corrected chi connectivity index (χ4v) is 1.52. The Morgan fingerprint density at radius 3 is 2.59 bits per heavy atom. The van der Waals surface area contributed by atoms with Crippen LogP contribution in [0.3, 0.4) is 0 Å². The summed E-state index contributed by atoms with van der Waals surface area (Å²) < 4.78 is 18.1. The van der Waals surface area contributed by atoms with Crippen LogP contribution in [0.5, 0.6) is 5.75 Å². The highest BCUT2D eigenvalue weighted by molar-refractivity contribution is 5.75. The highest BCUT2D eigenvalue weighted by Crippen LogP contribution is 2.30. The summed E-state index contributed by atoms with van der Waals surface area (Å²) in [6.45, 7) is 0. The first-order chi connectivity index (χ1) is 8.20. The maximum absolute atomic E-state index is 13.0. The monoisotopic (exact) mass is 232 g/mol. The second-order valence-electron chi connectivity index (χ2n) is 3.56. The first-order valence-corrected chi connectivity index (χ1v) is 5.16. The van der Waals surface area contributed by atoms with Crippen LogP contribution < -0.4 is 15.8 Å². The minimum Gasteiger partial charge on any atom is -0.494 e. The molecule has 17 heavy (non-hydrogen) atoms. The van der Waals surface area contributed by atoms with Gasteiger partial charge in [0.2, 0.25) is 0 Å². The predicted molar refractivity (Wildman–Crippen MR) is 67.1 cm³/mol. The van der Waals surface area contributed by atoms with Gasteiger partial charge in [0.15, 0.2) is 0 Å². The van der Waals surface area contributed by atoms with Gasteiger partial charge in [-0.1, -0.05) is 12.1 Å². The van der Waals surface area contributed by atoms with Crippen LogP contribution >= 0.6 is 0 Å². The molecule has 0 aliphatic carbocycles. The smallest absolute Gasteiger partial charge is 0.145 e. The molecular weight excluding hydrogens is 219 g/mol. The maximum atomic E-state index is 13.0. The Kier molecular flexibility index (Phi) is 3.14. The van der Waals surface area contributed by atoms with E-state index in [2.05, 4.69) is 5.32 Å². The fourth-order valence-electron chi connectivity index (χ4n) is 1.52. The molecule has 0 bridgehead atoms. The molecule has 2 aromatic carbocycles. The van der Waals surface area contributed by atoms with Gasteiger partial charge in [0, 0.05) is 6.07 Å². The van der Waals surface area contributed by atoms with Crippen molar-refractivity contribution in [3.63, 3.8) is 0 Å². The number of methoxy groups -OCH3 is 1. The van der Waals surface area contributed by atoms with E-state index in [0.717, 1.165) is 5.69 Å². The number of rotatable bonds is 3. The zero-order valence-corrected chi connectivity index (χ0v) is 9.41. The minimum absolute atomic E-state index is 0.339. The van der Waals surface area contributed by atoms with E-state index in [4.69, 9.17) is 10.5 Å². The van der Waals surface area contributed by atoms with E-state index in [-0.39, 0.29) is 5.82 Å². The number of hydrogen-bond acceptors (Lipinski definition) is 3. The Bertz CT molecular complexity index is 529. The Morgan fingerprint density at radius 1 is 1.12 bits per heavy atom. The van der Waals surface area contributed by atoms with Gasteiger partial charge in [0.25, 0.3) is 0 Å². The van der Waals surface area contributed by atoms with Gasteiger partial charge in [-0.3, -0.25) is 0 Å². The summed E-state index contributed by atoms with van der Waals surface area (Å²) in [5.41, 5.74) is 7.87. The Labute approximate surface area is 99.0 Å². The number of benzene rings is 2. The summed E-state index contributed by atoms with van der Waals surface area (Å²) in [6, 6.07) is 11.7. The van der Waals surface area contributed by atoms with Gasteiger partial charge in [0.1, 0.15) is 11.6 Å². The maximum Gasteiger partial charge on any atom is 0.145 e. The zero-order chi connectivity index (χ0) is 12.3. The Balaban J connectivity index is 2.33. The third-order valence-corrected chi connectivity index (χ3v) is 2.39. The second kappa shape index (κ2) is 4.74. The number of para-hydroxylation sites is 2. The molecule has 0 aliphatic heterocycles. The number of ether oxygens (including phenoxy) is 1. The van der Waals surface area contributed by atoms with Gasteiger partial charge in [-0.05, 0) is 24.3 Å². The molecule has 0 aromatic heterocycles. The number of hydrogen-bond donors (Lipinski definition) is 2. The lowest BCUT2D eigenvalue weighted by atomic mass is 10.2. The summed E-state index contributed by atoms with van der Waals surface area (Å²) in [7, 11) is 1.49. The van der Waals surface area contributed by atoms with Crippen LogP contribution in [-0.2, 0) is 0 Å². The first kappa shape index (κ1) is 11.3. The van der Waals surface area contributed by atoms with E-state index >= 15 is 0 Å². The van der Waals surface area contributed by atoms with Crippen molar-refractivity contribution in [2.75, 3.05) is 18.2 Å². The van der Waals surface area contributed by atoms with E-state index in [1.165, 1.54) is 19.2 Å². The van der Waals surface area contributed by atoms with Crippen LogP contribution in [0.1, 0.15) is 0 Å². The zero-order valence-electron chi connectivity index (χ0n) is 9.41. The Morgan fingerprint density at radius 2 is 1.88 bits per heavy atom. The van der Waals surface area contributed by atoms with Gasteiger partial charge >= 0.3 is 0 Å². The number of anilines is 3. The first-order valence-electron chi connectivity index (χ1n) is 5.16. The fraction of sp³-hybridized carbons (Fsp3) is 0.0769. The van der Waals surface area contributed by atoms with Crippen molar-refractivity contribution < 1.29 is 9.13 Å². The molecule has 0 spiro atoms. The highest BCUT2D eigenvalue weighted by Gasteiger charge is 2.06. The van der Waals surface area contributed by atoms with Crippen LogP contribution in [0.15, 0.2) is 42.5 Å². The van der Waals surface area contributed by atoms with E-state index in [9.17, 15) is 4.39 Å². The summed E-state index contributed by atoms with van der Waals surface area (Å²) in [4.78, 5) is 0. The SMILES string of the molecule is COc1cc(F)ccc1Nc1ccccc1N. The third kappa shape index (κ3) is 2.47. The van der Waals surface area contributed by atoms with Gasteiger partial charge in [0.05, 0.1) is 24.2 Å².